The van der Waals surface area contributed by atoms with Crippen LogP contribution in [0, 0.1) is 0 Å². The Balaban J connectivity index is 4.17. The van der Waals surface area contributed by atoms with Crippen molar-refractivity contribution in [2.45, 2.75) is 19.6 Å². The summed E-state index contributed by atoms with van der Waals surface area (Å²) in [6.07, 6.45) is 0.968. The molecule has 0 aliphatic rings. The average Bonchev–Trinajstić information content (AvgIpc) is 2.29. The first-order valence-electron chi connectivity index (χ1n) is 5.01. The Hall–Kier alpha value is -1.66. The van der Waals surface area contributed by atoms with Gasteiger partial charge >= 0.3 is 11.9 Å². The van der Waals surface area contributed by atoms with Crippen molar-refractivity contribution in [2.75, 3.05) is 13.2 Å². The fraction of sp³-hybridized carbons (Fsp3) is 0.455. The monoisotopic (exact) mass is 244 g/mol. The summed E-state index contributed by atoms with van der Waals surface area (Å²) in [4.78, 5) is 31.4. The number of esters is 2. The molecule has 0 aromatic rings. The lowest BCUT2D eigenvalue weighted by Gasteiger charge is -2.15. The van der Waals surface area contributed by atoms with E-state index in [-0.39, 0.29) is 19.6 Å². The molecule has 17 heavy (non-hydrogen) atoms. The molecule has 0 fully saturated rings. The summed E-state index contributed by atoms with van der Waals surface area (Å²) in [5, 5.41) is 0. The molecular weight excluding hydrogens is 228 g/mol. The Morgan fingerprint density at radius 3 is 2.59 bits per heavy atom. The fourth-order valence-corrected chi connectivity index (χ4v) is 0.792. The van der Waals surface area contributed by atoms with Crippen molar-refractivity contribution >= 4 is 11.9 Å². The molecule has 96 valence electrons. The Bertz CT molecular complexity index is 273. The van der Waals surface area contributed by atoms with Crippen LogP contribution in [-0.2, 0) is 28.8 Å². The highest BCUT2D eigenvalue weighted by Gasteiger charge is 2.19. The topological polar surface area (TPSA) is 71.1 Å². The predicted molar refractivity (Wildman–Crippen MR) is 58.6 cm³/mol. The normalized spacial score (nSPS) is 11.4. The molecule has 6 nitrogen and oxygen atoms in total. The fourth-order valence-electron chi connectivity index (χ4n) is 0.792. The van der Waals surface area contributed by atoms with Crippen molar-refractivity contribution in [3.63, 3.8) is 0 Å². The zero-order valence-electron chi connectivity index (χ0n) is 9.72. The van der Waals surface area contributed by atoms with Crippen LogP contribution in [0.3, 0.4) is 0 Å². The van der Waals surface area contributed by atoms with Crippen molar-refractivity contribution in [3.05, 3.63) is 25.3 Å². The number of hydrogen-bond acceptors (Lipinski definition) is 6. The van der Waals surface area contributed by atoms with E-state index in [0.29, 0.717) is 0 Å². The number of carbonyl (C=O) groups is 2. The van der Waals surface area contributed by atoms with Gasteiger partial charge in [0, 0.05) is 6.08 Å². The standard InChI is InChI=1S/C11H16O6/c1-4-7-15-17-11(16-9(12)5-2)8-10(13)14-6-3/h4-5,11H,1-2,6-8H2,3H3. The van der Waals surface area contributed by atoms with Crippen LogP contribution in [0.15, 0.2) is 25.3 Å². The SMILES string of the molecule is C=CCOOC(CC(=O)OCC)OC(=O)C=C. The van der Waals surface area contributed by atoms with Gasteiger partial charge < -0.3 is 9.47 Å². The molecule has 0 bridgehead atoms. The van der Waals surface area contributed by atoms with Crippen molar-refractivity contribution in [2.24, 2.45) is 0 Å². The maximum absolute atomic E-state index is 11.2. The Labute approximate surface area is 99.7 Å². The van der Waals surface area contributed by atoms with Gasteiger partial charge in [-0.1, -0.05) is 12.7 Å². The molecule has 0 aliphatic heterocycles. The molecule has 0 amide bonds. The lowest BCUT2D eigenvalue weighted by Crippen LogP contribution is -2.25. The van der Waals surface area contributed by atoms with E-state index >= 15 is 0 Å². The van der Waals surface area contributed by atoms with Crippen LogP contribution >= 0.6 is 0 Å². The van der Waals surface area contributed by atoms with Gasteiger partial charge in [0.1, 0.15) is 13.0 Å². The largest absolute Gasteiger partial charge is 0.466 e. The summed E-state index contributed by atoms with van der Waals surface area (Å²) in [5.41, 5.74) is 0. The molecule has 0 aromatic carbocycles. The highest BCUT2D eigenvalue weighted by molar-refractivity contribution is 5.81. The minimum atomic E-state index is -1.17. The van der Waals surface area contributed by atoms with Crippen LogP contribution in [0.2, 0.25) is 0 Å². The molecule has 0 saturated carbocycles. The van der Waals surface area contributed by atoms with Crippen LogP contribution in [0.1, 0.15) is 13.3 Å². The molecule has 1 atom stereocenters. The van der Waals surface area contributed by atoms with E-state index in [0.717, 1.165) is 6.08 Å². The summed E-state index contributed by atoms with van der Waals surface area (Å²) in [6, 6.07) is 0. The second-order valence-electron chi connectivity index (χ2n) is 2.75. The smallest absolute Gasteiger partial charge is 0.332 e. The van der Waals surface area contributed by atoms with Gasteiger partial charge in [0.15, 0.2) is 0 Å². The van der Waals surface area contributed by atoms with E-state index in [9.17, 15) is 9.59 Å². The molecule has 0 aliphatic carbocycles. The van der Waals surface area contributed by atoms with Gasteiger partial charge in [-0.25, -0.2) is 9.68 Å². The average molecular weight is 244 g/mol. The minimum Gasteiger partial charge on any atom is -0.466 e. The molecule has 0 spiro atoms. The van der Waals surface area contributed by atoms with Crippen LogP contribution in [-0.4, -0.2) is 31.4 Å². The number of rotatable bonds is 9. The third kappa shape index (κ3) is 8.18. The summed E-state index contributed by atoms with van der Waals surface area (Å²) < 4.78 is 9.41. The zero-order chi connectivity index (χ0) is 13.1. The summed E-state index contributed by atoms with van der Waals surface area (Å²) in [6.45, 7) is 8.62. The van der Waals surface area contributed by atoms with Gasteiger partial charge in [0.05, 0.1) is 6.61 Å². The first kappa shape index (κ1) is 15.3. The van der Waals surface area contributed by atoms with Gasteiger partial charge in [-0.05, 0) is 6.92 Å². The van der Waals surface area contributed by atoms with Crippen LogP contribution < -0.4 is 0 Å². The van der Waals surface area contributed by atoms with E-state index < -0.39 is 18.2 Å². The number of carbonyl (C=O) groups excluding carboxylic acids is 2. The lowest BCUT2D eigenvalue weighted by molar-refractivity contribution is -0.363. The van der Waals surface area contributed by atoms with E-state index in [2.05, 4.69) is 22.8 Å². The Morgan fingerprint density at radius 1 is 1.35 bits per heavy atom. The lowest BCUT2D eigenvalue weighted by atomic mass is 10.4. The molecule has 0 N–H and O–H groups in total. The summed E-state index contributed by atoms with van der Waals surface area (Å²) >= 11 is 0. The number of hydrogen-bond donors (Lipinski definition) is 0. The van der Waals surface area contributed by atoms with E-state index in [1.54, 1.807) is 6.92 Å². The molecule has 0 saturated heterocycles. The molecule has 0 rings (SSSR count). The maximum Gasteiger partial charge on any atom is 0.332 e. The summed E-state index contributed by atoms with van der Waals surface area (Å²) in [5.74, 6) is -1.28. The molecule has 0 radical (unpaired) electrons. The van der Waals surface area contributed by atoms with E-state index in [1.807, 2.05) is 0 Å². The van der Waals surface area contributed by atoms with Crippen molar-refractivity contribution in [1.29, 1.82) is 0 Å². The third-order valence-electron chi connectivity index (χ3n) is 1.41. The second-order valence-corrected chi connectivity index (χ2v) is 2.75. The van der Waals surface area contributed by atoms with Crippen LogP contribution in [0.25, 0.3) is 0 Å². The van der Waals surface area contributed by atoms with Crippen molar-refractivity contribution in [1.82, 2.24) is 0 Å². The van der Waals surface area contributed by atoms with Crippen LogP contribution in [0.4, 0.5) is 0 Å². The Morgan fingerprint density at radius 2 is 2.06 bits per heavy atom. The highest BCUT2D eigenvalue weighted by Crippen LogP contribution is 2.04. The highest BCUT2D eigenvalue weighted by atomic mass is 17.2. The van der Waals surface area contributed by atoms with Gasteiger partial charge in [-0.15, -0.1) is 6.58 Å². The van der Waals surface area contributed by atoms with Gasteiger partial charge in [-0.2, -0.15) is 4.89 Å². The quantitative estimate of drug-likeness (QED) is 0.115. The number of ether oxygens (including phenoxy) is 2. The third-order valence-corrected chi connectivity index (χ3v) is 1.41. The van der Waals surface area contributed by atoms with Gasteiger partial charge in [-0.3, -0.25) is 4.79 Å². The first-order chi connectivity index (χ1) is 8.13. The molecule has 0 heterocycles. The van der Waals surface area contributed by atoms with Gasteiger partial charge in [0.2, 0.25) is 6.29 Å². The molecular formula is C11H16O6. The van der Waals surface area contributed by atoms with Gasteiger partial charge in [0.25, 0.3) is 0 Å². The van der Waals surface area contributed by atoms with Crippen molar-refractivity contribution in [3.8, 4) is 0 Å². The Kier molecular flexibility index (Phi) is 8.62. The van der Waals surface area contributed by atoms with E-state index in [4.69, 9.17) is 9.62 Å². The first-order valence-corrected chi connectivity index (χ1v) is 5.01. The molecule has 0 aromatic heterocycles. The molecule has 6 heteroatoms. The molecule has 1 unspecified atom stereocenters. The van der Waals surface area contributed by atoms with E-state index in [1.165, 1.54) is 6.08 Å². The predicted octanol–water partition coefficient (Wildman–Crippen LogP) is 1.13. The summed E-state index contributed by atoms with van der Waals surface area (Å²) in [7, 11) is 0. The zero-order valence-corrected chi connectivity index (χ0v) is 9.72. The van der Waals surface area contributed by atoms with Crippen LogP contribution in [0.5, 0.6) is 0 Å². The maximum atomic E-state index is 11.2. The van der Waals surface area contributed by atoms with Crippen molar-refractivity contribution < 1.29 is 28.8 Å². The minimum absolute atomic E-state index is 0.102. The second kappa shape index (κ2) is 9.56.